The van der Waals surface area contributed by atoms with Crippen LogP contribution in [0.25, 0.3) is 6.08 Å². The molecule has 1 amide bonds. The minimum absolute atomic E-state index is 0.0468. The molecular weight excluding hydrogens is 470 g/mol. The number of carbonyl (C=O) groups excluding carboxylic acids is 1. The molecule has 0 atom stereocenters. The Balaban J connectivity index is 1.65. The predicted octanol–water partition coefficient (Wildman–Crippen LogP) is 4.47. The number of nitro groups is 1. The number of benzene rings is 2. The van der Waals surface area contributed by atoms with Gasteiger partial charge in [0.15, 0.2) is 22.5 Å². The molecule has 1 N–H and O–H groups in total. The van der Waals surface area contributed by atoms with E-state index in [0.29, 0.717) is 28.7 Å². The number of ether oxygens (including phenoxy) is 2. The molecule has 2 aromatic rings. The molecule has 2 aliphatic heterocycles. The van der Waals surface area contributed by atoms with Gasteiger partial charge >= 0.3 is 0 Å². The fraction of sp³-hybridized carbons (Fsp3) is 0.143. The molecule has 0 spiro atoms. The zero-order valence-corrected chi connectivity index (χ0v) is 18.7. The molecule has 10 nitrogen and oxygen atoms in total. The molecule has 12 heteroatoms. The zero-order chi connectivity index (χ0) is 23.5. The molecule has 0 fully saturated rings. The summed E-state index contributed by atoms with van der Waals surface area (Å²) in [4.78, 5) is 27.1. The summed E-state index contributed by atoms with van der Waals surface area (Å²) in [7, 11) is 0. The van der Waals surface area contributed by atoms with Gasteiger partial charge in [-0.2, -0.15) is 15.1 Å². The number of rotatable bonds is 7. The van der Waals surface area contributed by atoms with E-state index in [1.54, 1.807) is 37.3 Å². The van der Waals surface area contributed by atoms with E-state index in [1.807, 2.05) is 0 Å². The van der Waals surface area contributed by atoms with Crippen molar-refractivity contribution in [3.05, 3.63) is 68.2 Å². The van der Waals surface area contributed by atoms with Crippen LogP contribution >= 0.6 is 23.4 Å². The van der Waals surface area contributed by atoms with Crippen molar-refractivity contribution in [1.82, 2.24) is 5.01 Å². The van der Waals surface area contributed by atoms with Crippen LogP contribution in [-0.4, -0.2) is 39.0 Å². The second-order valence-electron chi connectivity index (χ2n) is 6.69. The molecule has 2 aromatic carbocycles. The first-order chi connectivity index (χ1) is 15.9. The largest absolute Gasteiger partial charge is 0.490 e. The van der Waals surface area contributed by atoms with E-state index in [0.717, 1.165) is 11.8 Å². The van der Waals surface area contributed by atoms with E-state index >= 15 is 0 Å². The Morgan fingerprint density at radius 3 is 2.85 bits per heavy atom. The smallest absolute Gasteiger partial charge is 0.283 e. The summed E-state index contributed by atoms with van der Waals surface area (Å²) in [6.45, 7) is 1.99. The first-order valence-electron chi connectivity index (χ1n) is 9.63. The van der Waals surface area contributed by atoms with Crippen molar-refractivity contribution in [3.63, 3.8) is 0 Å². The lowest BCUT2D eigenvalue weighted by molar-refractivity contribution is -0.385. The third kappa shape index (κ3) is 4.59. The monoisotopic (exact) mass is 485 g/mol. The lowest BCUT2D eigenvalue weighted by Gasteiger charge is -2.20. The number of amides is 1. The van der Waals surface area contributed by atoms with Gasteiger partial charge in [0.1, 0.15) is 6.61 Å². The van der Waals surface area contributed by atoms with Gasteiger partial charge in [0.05, 0.1) is 33.2 Å². The van der Waals surface area contributed by atoms with Crippen molar-refractivity contribution in [2.75, 3.05) is 6.61 Å². The molecule has 33 heavy (non-hydrogen) atoms. The number of hydrogen-bond donors (Lipinski definition) is 1. The molecule has 0 saturated heterocycles. The zero-order valence-electron chi connectivity index (χ0n) is 17.1. The molecule has 0 saturated carbocycles. The molecule has 0 bridgehead atoms. The van der Waals surface area contributed by atoms with Gasteiger partial charge in [-0.1, -0.05) is 23.7 Å². The molecule has 2 aliphatic rings. The van der Waals surface area contributed by atoms with Crippen LogP contribution in [0.1, 0.15) is 18.1 Å². The molecule has 0 unspecified atom stereocenters. The fourth-order valence-corrected chi connectivity index (χ4v) is 4.02. The third-order valence-electron chi connectivity index (χ3n) is 4.60. The quantitative estimate of drug-likeness (QED) is 0.347. The normalized spacial score (nSPS) is 16.1. The summed E-state index contributed by atoms with van der Waals surface area (Å²) in [6.07, 6.45) is 1.48. The van der Waals surface area contributed by atoms with E-state index in [2.05, 4.69) is 10.1 Å². The van der Waals surface area contributed by atoms with Crippen molar-refractivity contribution in [3.8, 4) is 11.5 Å². The van der Waals surface area contributed by atoms with E-state index in [9.17, 15) is 14.9 Å². The summed E-state index contributed by atoms with van der Waals surface area (Å²) >= 11 is 7.60. The number of thioether (sulfide) groups is 1. The lowest BCUT2D eigenvalue weighted by Crippen LogP contribution is -2.35. The number of aliphatic imine (C=N–C) groups is 1. The van der Waals surface area contributed by atoms with Crippen LogP contribution in [0, 0.1) is 15.5 Å². The molecule has 168 valence electrons. The van der Waals surface area contributed by atoms with Crippen molar-refractivity contribution in [1.29, 1.82) is 5.41 Å². The van der Waals surface area contributed by atoms with Crippen LogP contribution in [0.3, 0.4) is 0 Å². The number of hydrazone groups is 1. The Morgan fingerprint density at radius 1 is 1.30 bits per heavy atom. The first-order valence-corrected chi connectivity index (χ1v) is 10.9. The molecule has 2 heterocycles. The average Bonchev–Trinajstić information content (AvgIpc) is 3.25. The average molecular weight is 486 g/mol. The highest BCUT2D eigenvalue weighted by Gasteiger charge is 2.32. The molecule has 4 rings (SSSR count). The number of amidine groups is 2. The summed E-state index contributed by atoms with van der Waals surface area (Å²) in [6, 6.07) is 9.41. The second kappa shape index (κ2) is 9.43. The first kappa shape index (κ1) is 22.5. The SMILES string of the molecule is CCOc1cc(/C=C2/C(=N)N3N=CSC3=NC2=O)cc(Cl)c1OCc1ccccc1[N+](=O)[O-]. The summed E-state index contributed by atoms with van der Waals surface area (Å²) in [5.41, 5.74) is 2.35. The standard InChI is InChI=1S/C21H16ClN5O5S/c1-2-31-17-9-12(7-14-19(23)26-21(25-20(14)28)33-11-24-26)8-15(22)18(17)32-10-13-5-3-4-6-16(13)27(29)30/h3-9,11,23H,2,10H2,1H3/b14-7-,23-19?. The highest BCUT2D eigenvalue weighted by Crippen LogP contribution is 2.38. The number of hydrogen-bond acceptors (Lipinski definition) is 8. The number of nitro benzene ring substituents is 1. The topological polar surface area (TPSA) is 130 Å². The van der Waals surface area contributed by atoms with Crippen molar-refractivity contribution < 1.29 is 19.2 Å². The summed E-state index contributed by atoms with van der Waals surface area (Å²) in [5.74, 6) is -0.152. The summed E-state index contributed by atoms with van der Waals surface area (Å²) in [5, 5.41) is 25.3. The number of carbonyl (C=O) groups is 1. The van der Waals surface area contributed by atoms with E-state index in [4.69, 9.17) is 26.5 Å². The maximum absolute atomic E-state index is 12.4. The lowest BCUT2D eigenvalue weighted by atomic mass is 10.1. The maximum atomic E-state index is 12.4. The van der Waals surface area contributed by atoms with Crippen LogP contribution < -0.4 is 9.47 Å². The molecule has 0 radical (unpaired) electrons. The van der Waals surface area contributed by atoms with Gasteiger partial charge in [0.2, 0.25) is 0 Å². The van der Waals surface area contributed by atoms with E-state index in [-0.39, 0.29) is 34.5 Å². The molecule has 0 aromatic heterocycles. The van der Waals surface area contributed by atoms with Crippen molar-refractivity contribution >= 4 is 57.6 Å². The van der Waals surface area contributed by atoms with Crippen molar-refractivity contribution in [2.45, 2.75) is 13.5 Å². The minimum Gasteiger partial charge on any atom is -0.490 e. The van der Waals surface area contributed by atoms with Gasteiger partial charge < -0.3 is 9.47 Å². The van der Waals surface area contributed by atoms with Crippen LogP contribution in [0.4, 0.5) is 5.69 Å². The Morgan fingerprint density at radius 2 is 2.09 bits per heavy atom. The van der Waals surface area contributed by atoms with Gasteiger partial charge in [-0.15, -0.1) is 0 Å². The number of halogens is 1. The fourth-order valence-electron chi connectivity index (χ4n) is 3.14. The Labute approximate surface area is 197 Å². The van der Waals surface area contributed by atoms with Crippen LogP contribution in [0.2, 0.25) is 5.02 Å². The maximum Gasteiger partial charge on any atom is 0.283 e. The summed E-state index contributed by atoms with van der Waals surface area (Å²) < 4.78 is 11.5. The van der Waals surface area contributed by atoms with E-state index in [1.165, 1.54) is 22.7 Å². The Kier molecular flexibility index (Phi) is 6.43. The third-order valence-corrected chi connectivity index (χ3v) is 5.55. The van der Waals surface area contributed by atoms with Crippen molar-refractivity contribution in [2.24, 2.45) is 10.1 Å². The Hall–Kier alpha value is -3.70. The molecule has 0 aliphatic carbocycles. The van der Waals surface area contributed by atoms with E-state index < -0.39 is 10.8 Å². The number of nitrogens with one attached hydrogen (secondary N) is 1. The second-order valence-corrected chi connectivity index (χ2v) is 7.91. The highest BCUT2D eigenvalue weighted by molar-refractivity contribution is 8.25. The predicted molar refractivity (Wildman–Crippen MR) is 126 cm³/mol. The number of nitrogens with zero attached hydrogens (tertiary/aromatic N) is 4. The molecular formula is C21H16ClN5O5S. The van der Waals surface area contributed by atoms with Gasteiger partial charge in [0, 0.05) is 6.07 Å². The highest BCUT2D eigenvalue weighted by atomic mass is 35.5. The van der Waals surface area contributed by atoms with Crippen LogP contribution in [-0.2, 0) is 11.4 Å². The minimum atomic E-state index is -0.560. The number of fused-ring (bicyclic) bond motifs is 1. The van der Waals surface area contributed by atoms with Gasteiger partial charge in [-0.3, -0.25) is 20.3 Å². The van der Waals surface area contributed by atoms with Gasteiger partial charge in [0.25, 0.3) is 11.6 Å². The van der Waals surface area contributed by atoms with Gasteiger partial charge in [-0.05, 0) is 48.5 Å². The van der Waals surface area contributed by atoms with Gasteiger partial charge in [-0.25, -0.2) is 0 Å². The van der Waals surface area contributed by atoms with Crippen LogP contribution in [0.15, 0.2) is 52.1 Å². The Bertz CT molecular complexity index is 1260. The van der Waals surface area contributed by atoms with Crippen LogP contribution in [0.5, 0.6) is 11.5 Å². The number of para-hydroxylation sites is 1.